The third kappa shape index (κ3) is 4.15. The molecule has 144 valence electrons. The summed E-state index contributed by atoms with van der Waals surface area (Å²) in [4.78, 5) is 16.7. The van der Waals surface area contributed by atoms with Crippen molar-refractivity contribution in [3.8, 4) is 0 Å². The second-order valence-electron chi connectivity index (χ2n) is 6.33. The first-order valence-corrected chi connectivity index (χ1v) is 8.93. The smallest absolute Gasteiger partial charge is 0.335 e. The van der Waals surface area contributed by atoms with E-state index in [1.165, 1.54) is 6.20 Å². The lowest BCUT2D eigenvalue weighted by molar-refractivity contribution is -0.445. The summed E-state index contributed by atoms with van der Waals surface area (Å²) in [6, 6.07) is 5.68. The van der Waals surface area contributed by atoms with Crippen molar-refractivity contribution in [3.05, 3.63) is 62.6 Å². The Bertz CT molecular complexity index is 837. The minimum Gasteiger partial charge on any atom is -0.370 e. The number of nitrogens with two attached hydrogens (primary N) is 1. The van der Waals surface area contributed by atoms with Gasteiger partial charge in [0.2, 0.25) is 0 Å². The van der Waals surface area contributed by atoms with Gasteiger partial charge in [0, 0.05) is 22.8 Å². The van der Waals surface area contributed by atoms with E-state index in [-0.39, 0.29) is 18.2 Å². The molecule has 10 heteroatoms. The normalized spacial score (nSPS) is 21.7. The molecule has 2 aliphatic rings. The third-order valence-electron chi connectivity index (χ3n) is 4.53. The van der Waals surface area contributed by atoms with E-state index in [1.54, 1.807) is 4.90 Å². The molecule has 9 nitrogen and oxygen atoms in total. The lowest BCUT2D eigenvalue weighted by Gasteiger charge is -2.23. The van der Waals surface area contributed by atoms with Gasteiger partial charge in [0.05, 0.1) is 6.20 Å². The van der Waals surface area contributed by atoms with E-state index < -0.39 is 4.92 Å². The standard InChI is InChI=1S/C17H22ClN7O2/c1-10-12(4-3-5-13(10)18)14-8-15(23-17(19)22-14)20-6-7-24-11(2)21-9-16(24)25(26)27/h3-5,8-9,11,15,20-21H,6-7H2,1-2H3,(H3,19,22,23). The predicted octanol–water partition coefficient (Wildman–Crippen LogP) is 1.15. The molecule has 3 rings (SSSR count). The fraction of sp³-hybridized carbons (Fsp3) is 0.353. The molecular weight excluding hydrogens is 370 g/mol. The highest BCUT2D eigenvalue weighted by Crippen LogP contribution is 2.25. The van der Waals surface area contributed by atoms with Crippen LogP contribution in [-0.4, -0.2) is 41.2 Å². The van der Waals surface area contributed by atoms with E-state index in [4.69, 9.17) is 17.3 Å². The van der Waals surface area contributed by atoms with Gasteiger partial charge in [-0.3, -0.25) is 5.32 Å². The fourth-order valence-electron chi connectivity index (χ4n) is 3.08. The monoisotopic (exact) mass is 391 g/mol. The summed E-state index contributed by atoms with van der Waals surface area (Å²) in [5.41, 5.74) is 8.64. The molecular formula is C17H22ClN7O2. The van der Waals surface area contributed by atoms with Gasteiger partial charge >= 0.3 is 5.82 Å². The van der Waals surface area contributed by atoms with Crippen LogP contribution in [0.25, 0.3) is 5.70 Å². The molecule has 27 heavy (non-hydrogen) atoms. The Morgan fingerprint density at radius 1 is 1.48 bits per heavy atom. The summed E-state index contributed by atoms with van der Waals surface area (Å²) in [7, 11) is 0. The average molecular weight is 392 g/mol. The van der Waals surface area contributed by atoms with E-state index >= 15 is 0 Å². The molecule has 1 aromatic rings. The summed E-state index contributed by atoms with van der Waals surface area (Å²) in [5, 5.41) is 21.0. The highest BCUT2D eigenvalue weighted by Gasteiger charge is 2.31. The topological polar surface area (TPSA) is 121 Å². The van der Waals surface area contributed by atoms with Gasteiger partial charge in [0.15, 0.2) is 12.1 Å². The first kappa shape index (κ1) is 19.0. The maximum atomic E-state index is 11.1. The Morgan fingerprint density at radius 2 is 2.26 bits per heavy atom. The maximum Gasteiger partial charge on any atom is 0.335 e. The zero-order chi connectivity index (χ0) is 19.6. The molecule has 5 N–H and O–H groups in total. The number of halogens is 1. The van der Waals surface area contributed by atoms with E-state index in [9.17, 15) is 10.1 Å². The van der Waals surface area contributed by atoms with Crippen LogP contribution >= 0.6 is 11.6 Å². The Hall–Kier alpha value is -2.78. The minimum absolute atomic E-state index is 0.0587. The first-order valence-electron chi connectivity index (χ1n) is 8.55. The van der Waals surface area contributed by atoms with Crippen molar-refractivity contribution in [1.82, 2.24) is 20.9 Å². The fourth-order valence-corrected chi connectivity index (χ4v) is 3.26. The SMILES string of the molecule is Cc1c(Cl)cccc1C1=CC(NCCN2C([N+](=O)[O-])=CNC2C)N=C(N)N1. The number of nitrogens with zero attached hydrogens (tertiary/aromatic N) is 3. The molecule has 2 aliphatic heterocycles. The van der Waals surface area contributed by atoms with Crippen LogP contribution in [0.2, 0.25) is 5.02 Å². The van der Waals surface area contributed by atoms with Gasteiger partial charge < -0.3 is 26.5 Å². The maximum absolute atomic E-state index is 11.1. The molecule has 0 bridgehead atoms. The van der Waals surface area contributed by atoms with Crippen LogP contribution in [0.4, 0.5) is 0 Å². The van der Waals surface area contributed by atoms with Gasteiger partial charge in [-0.05, 0) is 36.5 Å². The number of hydrogen-bond donors (Lipinski definition) is 4. The molecule has 0 saturated carbocycles. The minimum atomic E-state index is -0.392. The molecule has 2 unspecified atom stereocenters. The van der Waals surface area contributed by atoms with Crippen molar-refractivity contribution in [1.29, 1.82) is 0 Å². The van der Waals surface area contributed by atoms with Crippen LogP contribution in [-0.2, 0) is 0 Å². The second-order valence-corrected chi connectivity index (χ2v) is 6.73. The van der Waals surface area contributed by atoms with Gasteiger partial charge in [0.1, 0.15) is 12.7 Å². The number of nitro groups is 1. The molecule has 1 aromatic carbocycles. The third-order valence-corrected chi connectivity index (χ3v) is 4.94. The molecule has 0 radical (unpaired) electrons. The lowest BCUT2D eigenvalue weighted by atomic mass is 10.0. The number of hydrogen-bond acceptors (Lipinski definition) is 8. The highest BCUT2D eigenvalue weighted by molar-refractivity contribution is 6.31. The molecule has 2 atom stereocenters. The van der Waals surface area contributed by atoms with E-state index in [0.717, 1.165) is 16.8 Å². The van der Waals surface area contributed by atoms with Crippen molar-refractivity contribution in [3.63, 3.8) is 0 Å². The zero-order valence-corrected chi connectivity index (χ0v) is 15.8. The number of guanidine groups is 1. The molecule has 0 aromatic heterocycles. The number of nitrogens with one attached hydrogen (secondary N) is 3. The summed E-state index contributed by atoms with van der Waals surface area (Å²) >= 11 is 6.21. The molecule has 0 amide bonds. The van der Waals surface area contributed by atoms with Gasteiger partial charge in [-0.2, -0.15) is 0 Å². The second kappa shape index (κ2) is 7.85. The largest absolute Gasteiger partial charge is 0.370 e. The summed E-state index contributed by atoms with van der Waals surface area (Å²) in [6.45, 7) is 4.77. The van der Waals surface area contributed by atoms with Crippen molar-refractivity contribution < 1.29 is 4.92 Å². The van der Waals surface area contributed by atoms with Crippen molar-refractivity contribution in [2.75, 3.05) is 13.1 Å². The van der Waals surface area contributed by atoms with E-state index in [1.807, 2.05) is 38.1 Å². The summed E-state index contributed by atoms with van der Waals surface area (Å²) < 4.78 is 0. The van der Waals surface area contributed by atoms with Gasteiger partial charge in [-0.25, -0.2) is 9.89 Å². The van der Waals surface area contributed by atoms with E-state index in [2.05, 4.69) is 20.9 Å². The number of rotatable bonds is 6. The van der Waals surface area contributed by atoms with Crippen LogP contribution in [0.3, 0.4) is 0 Å². The summed E-state index contributed by atoms with van der Waals surface area (Å²) in [6.07, 6.45) is 2.87. The molecule has 2 heterocycles. The van der Waals surface area contributed by atoms with Crippen LogP contribution in [0.1, 0.15) is 18.1 Å². The zero-order valence-electron chi connectivity index (χ0n) is 15.1. The molecule has 0 saturated heterocycles. The van der Waals surface area contributed by atoms with Crippen LogP contribution in [0, 0.1) is 17.0 Å². The Morgan fingerprint density at radius 3 is 3.00 bits per heavy atom. The molecule has 0 aliphatic carbocycles. The highest BCUT2D eigenvalue weighted by atomic mass is 35.5. The van der Waals surface area contributed by atoms with Crippen molar-refractivity contribution in [2.24, 2.45) is 10.7 Å². The van der Waals surface area contributed by atoms with Crippen LogP contribution in [0.15, 0.2) is 41.3 Å². The summed E-state index contributed by atoms with van der Waals surface area (Å²) in [5.74, 6) is 0.356. The quantitative estimate of drug-likeness (QED) is 0.424. The first-order chi connectivity index (χ1) is 12.9. The Labute approximate surface area is 162 Å². The van der Waals surface area contributed by atoms with Crippen molar-refractivity contribution in [2.45, 2.75) is 26.2 Å². The van der Waals surface area contributed by atoms with Gasteiger partial charge in [-0.15, -0.1) is 0 Å². The van der Waals surface area contributed by atoms with Crippen molar-refractivity contribution >= 4 is 23.3 Å². The number of aliphatic imine (C=N–C) groups is 1. The van der Waals surface area contributed by atoms with Crippen LogP contribution in [0.5, 0.6) is 0 Å². The number of benzene rings is 1. The molecule has 0 spiro atoms. The Balaban J connectivity index is 1.67. The van der Waals surface area contributed by atoms with Gasteiger partial charge in [-0.1, -0.05) is 23.7 Å². The molecule has 0 fully saturated rings. The predicted molar refractivity (Wildman–Crippen MR) is 105 cm³/mol. The lowest BCUT2D eigenvalue weighted by Crippen LogP contribution is -2.44. The Kier molecular flexibility index (Phi) is 5.52. The van der Waals surface area contributed by atoms with Gasteiger partial charge in [0.25, 0.3) is 0 Å². The van der Waals surface area contributed by atoms with Crippen LogP contribution < -0.4 is 21.7 Å². The van der Waals surface area contributed by atoms with E-state index in [0.29, 0.717) is 24.1 Å². The average Bonchev–Trinajstić information content (AvgIpc) is 2.98.